The fourth-order valence-electron chi connectivity index (χ4n) is 2.21. The maximum absolute atomic E-state index is 11.3. The number of rotatable bonds is 3. The number of aromatic amines is 1. The number of carboxylic acid groups (broad SMARTS) is 1. The van der Waals surface area contributed by atoms with Gasteiger partial charge in [-0.05, 0) is 11.6 Å². The molecule has 20 heavy (non-hydrogen) atoms. The van der Waals surface area contributed by atoms with Crippen molar-refractivity contribution in [3.8, 4) is 22.4 Å². The topological polar surface area (TPSA) is 66.0 Å². The highest BCUT2D eigenvalue weighted by Crippen LogP contribution is 2.31. The Balaban J connectivity index is 2.18. The number of aromatic carboxylic acids is 1. The molecule has 0 fully saturated rings. The normalized spacial score (nSPS) is 10.4. The van der Waals surface area contributed by atoms with E-state index in [1.807, 2.05) is 36.4 Å². The van der Waals surface area contributed by atoms with E-state index in [1.54, 1.807) is 24.4 Å². The van der Waals surface area contributed by atoms with E-state index in [1.165, 1.54) is 0 Å². The van der Waals surface area contributed by atoms with E-state index in [9.17, 15) is 9.90 Å². The molecule has 3 rings (SSSR count). The van der Waals surface area contributed by atoms with Gasteiger partial charge in [-0.2, -0.15) is 5.10 Å². The monoisotopic (exact) mass is 264 g/mol. The van der Waals surface area contributed by atoms with E-state index in [4.69, 9.17) is 0 Å². The number of carboxylic acids is 1. The van der Waals surface area contributed by atoms with Crippen LogP contribution in [0.5, 0.6) is 0 Å². The van der Waals surface area contributed by atoms with E-state index in [2.05, 4.69) is 10.2 Å². The lowest BCUT2D eigenvalue weighted by atomic mass is 9.98. The molecule has 0 unspecified atom stereocenters. The van der Waals surface area contributed by atoms with Crippen LogP contribution in [0.15, 0.2) is 60.8 Å². The van der Waals surface area contributed by atoms with Gasteiger partial charge < -0.3 is 5.11 Å². The molecule has 0 aliphatic rings. The number of benzene rings is 2. The summed E-state index contributed by atoms with van der Waals surface area (Å²) in [6.45, 7) is 0. The third-order valence-corrected chi connectivity index (χ3v) is 3.14. The van der Waals surface area contributed by atoms with E-state index < -0.39 is 5.97 Å². The zero-order valence-electron chi connectivity index (χ0n) is 10.6. The van der Waals surface area contributed by atoms with Gasteiger partial charge in [0, 0.05) is 17.3 Å². The average Bonchev–Trinajstić information content (AvgIpc) is 2.97. The second-order valence-electron chi connectivity index (χ2n) is 4.36. The molecule has 1 heterocycles. The molecule has 98 valence electrons. The third kappa shape index (κ3) is 2.07. The predicted molar refractivity (Wildman–Crippen MR) is 76.4 cm³/mol. The molecule has 0 atom stereocenters. The van der Waals surface area contributed by atoms with Gasteiger partial charge in [0.2, 0.25) is 0 Å². The van der Waals surface area contributed by atoms with Gasteiger partial charge in [0.05, 0.1) is 5.56 Å². The lowest BCUT2D eigenvalue weighted by Gasteiger charge is -2.06. The molecular formula is C16H12N2O2. The Kier molecular flexibility index (Phi) is 3.05. The van der Waals surface area contributed by atoms with E-state index in [-0.39, 0.29) is 5.56 Å². The Morgan fingerprint density at radius 3 is 2.40 bits per heavy atom. The second kappa shape index (κ2) is 5.01. The first-order chi connectivity index (χ1) is 9.77. The van der Waals surface area contributed by atoms with Crippen molar-refractivity contribution in [2.45, 2.75) is 0 Å². The number of carbonyl (C=O) groups is 1. The van der Waals surface area contributed by atoms with Crippen LogP contribution in [0.1, 0.15) is 10.4 Å². The Morgan fingerprint density at radius 2 is 1.65 bits per heavy atom. The number of nitrogens with one attached hydrogen (secondary N) is 1. The van der Waals surface area contributed by atoms with Gasteiger partial charge in [-0.1, -0.05) is 48.5 Å². The van der Waals surface area contributed by atoms with Crippen molar-refractivity contribution in [2.75, 3.05) is 0 Å². The van der Waals surface area contributed by atoms with Crippen molar-refractivity contribution < 1.29 is 9.90 Å². The molecule has 0 spiro atoms. The average molecular weight is 264 g/mol. The lowest BCUT2D eigenvalue weighted by Crippen LogP contribution is -1.99. The summed E-state index contributed by atoms with van der Waals surface area (Å²) < 4.78 is 0. The molecule has 4 nitrogen and oxygen atoms in total. The number of hydrogen-bond acceptors (Lipinski definition) is 2. The maximum atomic E-state index is 11.3. The fourth-order valence-corrected chi connectivity index (χ4v) is 2.21. The van der Waals surface area contributed by atoms with Gasteiger partial charge >= 0.3 is 5.97 Å². The molecule has 0 amide bonds. The summed E-state index contributed by atoms with van der Waals surface area (Å²) in [5.74, 6) is -0.956. The Bertz CT molecular complexity index is 748. The van der Waals surface area contributed by atoms with E-state index in [0.717, 1.165) is 11.1 Å². The van der Waals surface area contributed by atoms with Crippen LogP contribution >= 0.6 is 0 Å². The molecule has 0 saturated carbocycles. The molecule has 1 aromatic heterocycles. The smallest absolute Gasteiger partial charge is 0.336 e. The zero-order valence-corrected chi connectivity index (χ0v) is 10.6. The Hall–Kier alpha value is -2.88. The van der Waals surface area contributed by atoms with E-state index >= 15 is 0 Å². The largest absolute Gasteiger partial charge is 0.478 e. The van der Waals surface area contributed by atoms with Gasteiger partial charge in [-0.15, -0.1) is 0 Å². The molecule has 2 aromatic carbocycles. The summed E-state index contributed by atoms with van der Waals surface area (Å²) in [7, 11) is 0. The molecule has 0 aliphatic carbocycles. The minimum atomic E-state index is -0.956. The van der Waals surface area contributed by atoms with Gasteiger partial charge in [0.25, 0.3) is 0 Å². The third-order valence-electron chi connectivity index (χ3n) is 3.14. The van der Waals surface area contributed by atoms with Crippen LogP contribution in [0.25, 0.3) is 22.4 Å². The van der Waals surface area contributed by atoms with Crippen LogP contribution in [0.4, 0.5) is 0 Å². The lowest BCUT2D eigenvalue weighted by molar-refractivity contribution is 0.0697. The van der Waals surface area contributed by atoms with Crippen LogP contribution in [-0.4, -0.2) is 21.3 Å². The predicted octanol–water partition coefficient (Wildman–Crippen LogP) is 3.44. The molecule has 2 N–H and O–H groups in total. The van der Waals surface area contributed by atoms with Gasteiger partial charge in [-0.3, -0.25) is 5.10 Å². The minimum Gasteiger partial charge on any atom is -0.478 e. The van der Waals surface area contributed by atoms with Crippen molar-refractivity contribution in [1.29, 1.82) is 0 Å². The Morgan fingerprint density at radius 1 is 0.950 bits per heavy atom. The standard InChI is InChI=1S/C16H12N2O2/c19-16(20)13-9-5-4-8-12(13)15-14(10-17-18-15)11-6-2-1-3-7-11/h1-10H,(H,17,18)(H,19,20). The summed E-state index contributed by atoms with van der Waals surface area (Å²) in [6, 6.07) is 16.6. The minimum absolute atomic E-state index is 0.247. The van der Waals surface area contributed by atoms with Crippen molar-refractivity contribution >= 4 is 5.97 Å². The van der Waals surface area contributed by atoms with E-state index in [0.29, 0.717) is 11.3 Å². The number of H-pyrrole nitrogens is 1. The van der Waals surface area contributed by atoms with Gasteiger partial charge in [0.1, 0.15) is 5.69 Å². The highest BCUT2D eigenvalue weighted by Gasteiger charge is 2.16. The fraction of sp³-hybridized carbons (Fsp3) is 0. The second-order valence-corrected chi connectivity index (χ2v) is 4.36. The Labute approximate surface area is 115 Å². The summed E-state index contributed by atoms with van der Waals surface area (Å²) in [5, 5.41) is 16.3. The van der Waals surface area contributed by atoms with Crippen LogP contribution in [0.2, 0.25) is 0 Å². The summed E-state index contributed by atoms with van der Waals surface area (Å²) >= 11 is 0. The molecule has 3 aromatic rings. The quantitative estimate of drug-likeness (QED) is 0.761. The SMILES string of the molecule is O=C(O)c1ccccc1-c1n[nH]cc1-c1ccccc1. The molecule has 0 aliphatic heterocycles. The maximum Gasteiger partial charge on any atom is 0.336 e. The number of aromatic nitrogens is 2. The van der Waals surface area contributed by atoms with Crippen molar-refractivity contribution in [1.82, 2.24) is 10.2 Å². The summed E-state index contributed by atoms with van der Waals surface area (Å²) in [6.07, 6.45) is 1.78. The highest BCUT2D eigenvalue weighted by molar-refractivity contribution is 5.97. The molecule has 0 saturated heterocycles. The molecule has 4 heteroatoms. The number of hydrogen-bond donors (Lipinski definition) is 2. The summed E-state index contributed by atoms with van der Waals surface area (Å²) in [5.41, 5.74) is 3.39. The summed E-state index contributed by atoms with van der Waals surface area (Å²) in [4.78, 5) is 11.3. The van der Waals surface area contributed by atoms with Gasteiger partial charge in [0.15, 0.2) is 0 Å². The van der Waals surface area contributed by atoms with Gasteiger partial charge in [-0.25, -0.2) is 4.79 Å². The molecular weight excluding hydrogens is 252 g/mol. The first-order valence-electron chi connectivity index (χ1n) is 6.19. The molecule has 0 radical (unpaired) electrons. The molecule has 0 bridgehead atoms. The first-order valence-corrected chi connectivity index (χ1v) is 6.19. The van der Waals surface area contributed by atoms with Crippen LogP contribution < -0.4 is 0 Å². The van der Waals surface area contributed by atoms with Crippen LogP contribution in [0.3, 0.4) is 0 Å². The zero-order chi connectivity index (χ0) is 13.9. The van der Waals surface area contributed by atoms with Crippen LogP contribution in [-0.2, 0) is 0 Å². The highest BCUT2D eigenvalue weighted by atomic mass is 16.4. The van der Waals surface area contributed by atoms with Crippen molar-refractivity contribution in [2.24, 2.45) is 0 Å². The number of nitrogens with zero attached hydrogens (tertiary/aromatic N) is 1. The van der Waals surface area contributed by atoms with Crippen LogP contribution in [0, 0.1) is 0 Å². The van der Waals surface area contributed by atoms with Crippen molar-refractivity contribution in [3.05, 3.63) is 66.4 Å². The first kappa shape index (κ1) is 12.2. The van der Waals surface area contributed by atoms with Crippen molar-refractivity contribution in [3.63, 3.8) is 0 Å².